The highest BCUT2D eigenvalue weighted by Gasteiger charge is 2.12. The topological polar surface area (TPSA) is 55.4 Å². The number of esters is 1. The van der Waals surface area contributed by atoms with Crippen molar-refractivity contribution in [3.05, 3.63) is 70.7 Å². The highest BCUT2D eigenvalue weighted by Crippen LogP contribution is 2.15. The molecule has 2 aromatic carbocycles. The van der Waals surface area contributed by atoms with Crippen molar-refractivity contribution < 1.29 is 14.3 Å². The van der Waals surface area contributed by atoms with Crippen molar-refractivity contribution in [3.63, 3.8) is 0 Å². The van der Waals surface area contributed by atoms with Crippen molar-refractivity contribution >= 4 is 23.5 Å². The van der Waals surface area contributed by atoms with Gasteiger partial charge >= 0.3 is 5.97 Å². The van der Waals surface area contributed by atoms with Gasteiger partial charge in [0, 0.05) is 11.1 Å². The summed E-state index contributed by atoms with van der Waals surface area (Å²) in [6.07, 6.45) is 1.76. The molecule has 1 amide bonds. The van der Waals surface area contributed by atoms with E-state index in [4.69, 9.17) is 16.3 Å². The summed E-state index contributed by atoms with van der Waals surface area (Å²) in [6, 6.07) is 17.2. The van der Waals surface area contributed by atoms with Crippen LogP contribution in [0, 0.1) is 0 Å². The lowest BCUT2D eigenvalue weighted by Gasteiger charge is -2.14. The number of amides is 1. The zero-order valence-electron chi connectivity index (χ0n) is 14.2. The molecule has 25 heavy (non-hydrogen) atoms. The summed E-state index contributed by atoms with van der Waals surface area (Å²) in [5.74, 6) is -0.770. The third kappa shape index (κ3) is 6.98. The summed E-state index contributed by atoms with van der Waals surface area (Å²) >= 11 is 6.00. The SMILES string of the molecule is C[C@H](CCc1ccccc1)NC(=O)COC(=O)Cc1ccccc1Cl. The smallest absolute Gasteiger partial charge is 0.310 e. The second-order valence-electron chi connectivity index (χ2n) is 5.92. The monoisotopic (exact) mass is 359 g/mol. The van der Waals surface area contributed by atoms with E-state index >= 15 is 0 Å². The van der Waals surface area contributed by atoms with E-state index in [-0.39, 0.29) is 25.0 Å². The Morgan fingerprint density at radius 2 is 1.76 bits per heavy atom. The molecule has 2 aromatic rings. The summed E-state index contributed by atoms with van der Waals surface area (Å²) in [5.41, 5.74) is 1.92. The zero-order valence-corrected chi connectivity index (χ0v) is 15.0. The first-order valence-corrected chi connectivity index (χ1v) is 8.64. The van der Waals surface area contributed by atoms with Crippen LogP contribution in [0.4, 0.5) is 0 Å². The molecular formula is C20H22ClNO3. The molecule has 0 aromatic heterocycles. The fourth-order valence-corrected chi connectivity index (χ4v) is 2.61. The van der Waals surface area contributed by atoms with Crippen LogP contribution in [0.2, 0.25) is 5.02 Å². The van der Waals surface area contributed by atoms with Crippen molar-refractivity contribution in [2.45, 2.75) is 32.2 Å². The summed E-state index contributed by atoms with van der Waals surface area (Å²) in [6.45, 7) is 1.66. The molecule has 0 fully saturated rings. The first kappa shape index (κ1) is 19.0. The van der Waals surface area contributed by atoms with E-state index in [0.29, 0.717) is 10.6 Å². The van der Waals surface area contributed by atoms with E-state index in [1.807, 2.05) is 25.1 Å². The molecule has 0 saturated carbocycles. The first-order valence-electron chi connectivity index (χ1n) is 8.27. The highest BCUT2D eigenvalue weighted by molar-refractivity contribution is 6.31. The van der Waals surface area contributed by atoms with Crippen LogP contribution in [0.3, 0.4) is 0 Å². The number of aryl methyl sites for hydroxylation is 1. The lowest BCUT2D eigenvalue weighted by molar-refractivity contribution is -0.148. The van der Waals surface area contributed by atoms with Crippen molar-refractivity contribution in [3.8, 4) is 0 Å². The minimum absolute atomic E-state index is 0.00924. The summed E-state index contributed by atoms with van der Waals surface area (Å²) in [7, 11) is 0. The van der Waals surface area contributed by atoms with Gasteiger partial charge in [0.25, 0.3) is 5.91 Å². The van der Waals surface area contributed by atoms with Gasteiger partial charge in [0.1, 0.15) is 0 Å². The number of hydrogen-bond donors (Lipinski definition) is 1. The average molecular weight is 360 g/mol. The van der Waals surface area contributed by atoms with E-state index in [2.05, 4.69) is 17.4 Å². The molecule has 1 N–H and O–H groups in total. The van der Waals surface area contributed by atoms with Crippen LogP contribution >= 0.6 is 11.6 Å². The van der Waals surface area contributed by atoms with Crippen molar-refractivity contribution in [1.82, 2.24) is 5.32 Å². The van der Waals surface area contributed by atoms with Crippen LogP contribution in [0.25, 0.3) is 0 Å². The lowest BCUT2D eigenvalue weighted by atomic mass is 10.1. The molecule has 1 atom stereocenters. The van der Waals surface area contributed by atoms with Crippen molar-refractivity contribution in [2.75, 3.05) is 6.61 Å². The largest absolute Gasteiger partial charge is 0.455 e. The lowest BCUT2D eigenvalue weighted by Crippen LogP contribution is -2.36. The quantitative estimate of drug-likeness (QED) is 0.733. The first-order chi connectivity index (χ1) is 12.0. The molecule has 0 saturated heterocycles. The van der Waals surface area contributed by atoms with E-state index in [1.54, 1.807) is 24.3 Å². The maximum Gasteiger partial charge on any atom is 0.310 e. The average Bonchev–Trinajstić information content (AvgIpc) is 2.61. The minimum atomic E-state index is -0.472. The van der Waals surface area contributed by atoms with E-state index in [1.165, 1.54) is 5.56 Å². The second-order valence-corrected chi connectivity index (χ2v) is 6.33. The Hall–Kier alpha value is -2.33. The fraction of sp³-hybridized carbons (Fsp3) is 0.300. The molecule has 0 aliphatic rings. The Bertz CT molecular complexity index is 703. The van der Waals surface area contributed by atoms with Crippen LogP contribution in [0.15, 0.2) is 54.6 Å². The van der Waals surface area contributed by atoms with Gasteiger partial charge in [-0.05, 0) is 37.0 Å². The summed E-state index contributed by atoms with van der Waals surface area (Å²) in [5, 5.41) is 3.35. The van der Waals surface area contributed by atoms with Crippen molar-refractivity contribution in [1.29, 1.82) is 0 Å². The van der Waals surface area contributed by atoms with Gasteiger partial charge < -0.3 is 10.1 Å². The van der Waals surface area contributed by atoms with Gasteiger partial charge in [-0.15, -0.1) is 0 Å². The summed E-state index contributed by atoms with van der Waals surface area (Å²) in [4.78, 5) is 23.7. The molecule has 0 aliphatic carbocycles. The molecule has 2 rings (SSSR count). The van der Waals surface area contributed by atoms with Gasteiger partial charge in [0.05, 0.1) is 6.42 Å². The molecular weight excluding hydrogens is 338 g/mol. The molecule has 0 spiro atoms. The normalized spacial score (nSPS) is 11.6. The maximum atomic E-state index is 11.9. The molecule has 0 bridgehead atoms. The van der Waals surface area contributed by atoms with Crippen LogP contribution in [0.5, 0.6) is 0 Å². The van der Waals surface area contributed by atoms with Gasteiger partial charge in [-0.25, -0.2) is 0 Å². The number of halogens is 1. The van der Waals surface area contributed by atoms with Crippen LogP contribution in [0.1, 0.15) is 24.5 Å². The third-order valence-electron chi connectivity index (χ3n) is 3.77. The number of rotatable bonds is 8. The maximum absolute atomic E-state index is 11.9. The number of hydrogen-bond acceptors (Lipinski definition) is 3. The van der Waals surface area contributed by atoms with Gasteiger partial charge in [0.15, 0.2) is 6.61 Å². The van der Waals surface area contributed by atoms with Gasteiger partial charge in [-0.2, -0.15) is 0 Å². The van der Waals surface area contributed by atoms with Gasteiger partial charge in [-0.1, -0.05) is 60.1 Å². The van der Waals surface area contributed by atoms with Crippen molar-refractivity contribution in [2.24, 2.45) is 0 Å². The fourth-order valence-electron chi connectivity index (χ4n) is 2.41. The molecule has 5 heteroatoms. The molecule has 132 valence electrons. The second kappa shape index (κ2) is 9.84. The van der Waals surface area contributed by atoms with E-state index in [9.17, 15) is 9.59 Å². The van der Waals surface area contributed by atoms with Crippen LogP contribution in [-0.2, 0) is 27.2 Å². The van der Waals surface area contributed by atoms with Crippen LogP contribution in [-0.4, -0.2) is 24.5 Å². The Labute approximate surface area is 153 Å². The Kier molecular flexibility index (Phi) is 7.48. The van der Waals surface area contributed by atoms with E-state index < -0.39 is 5.97 Å². The standard InChI is InChI=1S/C20H22ClNO3/c1-15(11-12-16-7-3-2-4-8-16)22-19(23)14-25-20(24)13-17-9-5-6-10-18(17)21/h2-10,15H,11-14H2,1H3,(H,22,23)/t15-/m1/s1. The molecule has 0 radical (unpaired) electrons. The number of benzene rings is 2. The molecule has 0 heterocycles. The Morgan fingerprint density at radius 3 is 2.48 bits per heavy atom. The highest BCUT2D eigenvalue weighted by atomic mass is 35.5. The molecule has 4 nitrogen and oxygen atoms in total. The number of nitrogens with one attached hydrogen (secondary N) is 1. The number of carbonyl (C=O) groups is 2. The predicted molar refractivity (Wildman–Crippen MR) is 98.5 cm³/mol. The predicted octanol–water partition coefficient (Wildman–Crippen LogP) is 3.56. The summed E-state index contributed by atoms with van der Waals surface area (Å²) < 4.78 is 5.02. The molecule has 0 unspecified atom stereocenters. The van der Waals surface area contributed by atoms with Crippen LogP contribution < -0.4 is 5.32 Å². The minimum Gasteiger partial charge on any atom is -0.455 e. The van der Waals surface area contributed by atoms with E-state index in [0.717, 1.165) is 12.8 Å². The number of carbonyl (C=O) groups excluding carboxylic acids is 2. The zero-order chi connectivity index (χ0) is 18.1. The Morgan fingerprint density at radius 1 is 1.08 bits per heavy atom. The Balaban J connectivity index is 1.67. The molecule has 0 aliphatic heterocycles. The van der Waals surface area contributed by atoms with Gasteiger partial charge in [-0.3, -0.25) is 9.59 Å². The van der Waals surface area contributed by atoms with Gasteiger partial charge in [0.2, 0.25) is 0 Å². The number of ether oxygens (including phenoxy) is 1. The third-order valence-corrected chi connectivity index (χ3v) is 4.14.